The van der Waals surface area contributed by atoms with Gasteiger partial charge in [-0.1, -0.05) is 18.2 Å². The highest BCUT2D eigenvalue weighted by Gasteiger charge is 2.21. The van der Waals surface area contributed by atoms with Crippen molar-refractivity contribution in [3.05, 3.63) is 65.2 Å². The Kier molecular flexibility index (Phi) is 6.98. The lowest BCUT2D eigenvalue weighted by atomic mass is 10.1. The number of benzene rings is 2. The minimum atomic E-state index is -0.868. The average Bonchev–Trinajstić information content (AvgIpc) is 2.71. The SMILES string of the molecule is CCOc1ccc(CN2CCN(C(=O)CCc3ccc(F)c(F)c3)CC2)cc1. The van der Waals surface area contributed by atoms with Gasteiger partial charge < -0.3 is 9.64 Å². The van der Waals surface area contributed by atoms with Crippen molar-refractivity contribution < 1.29 is 18.3 Å². The second kappa shape index (κ2) is 9.64. The predicted molar refractivity (Wildman–Crippen MR) is 104 cm³/mol. The van der Waals surface area contributed by atoms with Crippen LogP contribution in [0.4, 0.5) is 8.78 Å². The minimum absolute atomic E-state index is 0.0606. The molecule has 6 heteroatoms. The molecule has 1 aliphatic heterocycles. The van der Waals surface area contributed by atoms with E-state index in [2.05, 4.69) is 17.0 Å². The molecule has 150 valence electrons. The summed E-state index contributed by atoms with van der Waals surface area (Å²) in [5, 5.41) is 0. The third-order valence-electron chi connectivity index (χ3n) is 4.98. The van der Waals surface area contributed by atoms with Crippen molar-refractivity contribution in [3.63, 3.8) is 0 Å². The van der Waals surface area contributed by atoms with Crippen LogP contribution in [0, 0.1) is 11.6 Å². The van der Waals surface area contributed by atoms with E-state index in [0.717, 1.165) is 37.5 Å². The van der Waals surface area contributed by atoms with E-state index in [-0.39, 0.29) is 5.91 Å². The molecule has 1 heterocycles. The summed E-state index contributed by atoms with van der Waals surface area (Å²) >= 11 is 0. The summed E-state index contributed by atoms with van der Waals surface area (Å²) in [6.45, 7) is 6.50. The Balaban J connectivity index is 1.42. The van der Waals surface area contributed by atoms with Gasteiger partial charge >= 0.3 is 0 Å². The zero-order valence-electron chi connectivity index (χ0n) is 16.2. The van der Waals surface area contributed by atoms with Crippen molar-refractivity contribution >= 4 is 5.91 Å². The van der Waals surface area contributed by atoms with E-state index in [9.17, 15) is 13.6 Å². The van der Waals surface area contributed by atoms with Gasteiger partial charge in [0.15, 0.2) is 11.6 Å². The summed E-state index contributed by atoms with van der Waals surface area (Å²) in [5.41, 5.74) is 1.86. The molecule has 0 saturated carbocycles. The maximum absolute atomic E-state index is 13.3. The molecule has 2 aromatic carbocycles. The second-order valence-electron chi connectivity index (χ2n) is 6.98. The molecular weight excluding hydrogens is 362 g/mol. The van der Waals surface area contributed by atoms with E-state index < -0.39 is 11.6 Å². The normalized spacial score (nSPS) is 14.9. The van der Waals surface area contributed by atoms with Crippen molar-refractivity contribution in [2.45, 2.75) is 26.3 Å². The first-order valence-electron chi connectivity index (χ1n) is 9.71. The molecule has 1 fully saturated rings. The highest BCUT2D eigenvalue weighted by molar-refractivity contribution is 5.76. The number of rotatable bonds is 7. The van der Waals surface area contributed by atoms with Crippen LogP contribution in [0.3, 0.4) is 0 Å². The van der Waals surface area contributed by atoms with Gasteiger partial charge in [0.2, 0.25) is 5.91 Å². The first-order valence-corrected chi connectivity index (χ1v) is 9.71. The molecule has 0 aromatic heterocycles. The Labute approximate surface area is 164 Å². The fraction of sp³-hybridized carbons (Fsp3) is 0.409. The van der Waals surface area contributed by atoms with Crippen LogP contribution in [0.1, 0.15) is 24.5 Å². The molecule has 1 amide bonds. The second-order valence-corrected chi connectivity index (χ2v) is 6.98. The van der Waals surface area contributed by atoms with Crippen LogP contribution in [0.2, 0.25) is 0 Å². The Hall–Kier alpha value is -2.47. The van der Waals surface area contributed by atoms with Crippen molar-refractivity contribution in [2.75, 3.05) is 32.8 Å². The summed E-state index contributed by atoms with van der Waals surface area (Å²) < 4.78 is 31.7. The highest BCUT2D eigenvalue weighted by Crippen LogP contribution is 2.16. The molecule has 1 aliphatic rings. The fourth-order valence-corrected chi connectivity index (χ4v) is 3.38. The number of halogens is 2. The van der Waals surface area contributed by atoms with E-state index in [1.54, 1.807) is 0 Å². The van der Waals surface area contributed by atoms with Crippen LogP contribution < -0.4 is 4.74 Å². The van der Waals surface area contributed by atoms with Crippen molar-refractivity contribution in [1.29, 1.82) is 0 Å². The smallest absolute Gasteiger partial charge is 0.222 e. The van der Waals surface area contributed by atoms with Crippen LogP contribution >= 0.6 is 0 Å². The zero-order chi connectivity index (χ0) is 19.9. The van der Waals surface area contributed by atoms with E-state index in [1.807, 2.05) is 24.0 Å². The van der Waals surface area contributed by atoms with Gasteiger partial charge in [0, 0.05) is 39.1 Å². The first-order chi connectivity index (χ1) is 13.5. The van der Waals surface area contributed by atoms with Gasteiger partial charge in [-0.3, -0.25) is 9.69 Å². The Bertz CT molecular complexity index is 788. The van der Waals surface area contributed by atoms with E-state index in [1.165, 1.54) is 11.6 Å². The van der Waals surface area contributed by atoms with Gasteiger partial charge in [-0.15, -0.1) is 0 Å². The molecule has 0 radical (unpaired) electrons. The number of nitrogens with zero attached hydrogens (tertiary/aromatic N) is 2. The quantitative estimate of drug-likeness (QED) is 0.726. The zero-order valence-corrected chi connectivity index (χ0v) is 16.2. The van der Waals surface area contributed by atoms with Crippen LogP contribution in [-0.2, 0) is 17.8 Å². The van der Waals surface area contributed by atoms with Gasteiger partial charge in [0.25, 0.3) is 0 Å². The van der Waals surface area contributed by atoms with Gasteiger partial charge in [0.05, 0.1) is 6.61 Å². The summed E-state index contributed by atoms with van der Waals surface area (Å²) in [7, 11) is 0. The number of hydrogen-bond donors (Lipinski definition) is 0. The summed E-state index contributed by atoms with van der Waals surface area (Å²) in [6.07, 6.45) is 0.729. The minimum Gasteiger partial charge on any atom is -0.494 e. The molecule has 0 aliphatic carbocycles. The number of hydrogen-bond acceptors (Lipinski definition) is 3. The van der Waals surface area contributed by atoms with Crippen LogP contribution in [-0.4, -0.2) is 48.5 Å². The fourth-order valence-electron chi connectivity index (χ4n) is 3.38. The largest absolute Gasteiger partial charge is 0.494 e. The Morgan fingerprint density at radius 2 is 1.64 bits per heavy atom. The molecule has 3 rings (SSSR count). The lowest BCUT2D eigenvalue weighted by Gasteiger charge is -2.35. The molecule has 0 atom stereocenters. The number of carbonyl (C=O) groups is 1. The van der Waals surface area contributed by atoms with Gasteiger partial charge in [-0.25, -0.2) is 8.78 Å². The number of piperazine rings is 1. The third-order valence-corrected chi connectivity index (χ3v) is 4.98. The molecule has 28 heavy (non-hydrogen) atoms. The summed E-state index contributed by atoms with van der Waals surface area (Å²) in [6, 6.07) is 11.9. The molecule has 4 nitrogen and oxygen atoms in total. The third kappa shape index (κ3) is 5.52. The van der Waals surface area contributed by atoms with Gasteiger partial charge in [0.1, 0.15) is 5.75 Å². The van der Waals surface area contributed by atoms with Crippen molar-refractivity contribution in [2.24, 2.45) is 0 Å². The van der Waals surface area contributed by atoms with Gasteiger partial charge in [-0.2, -0.15) is 0 Å². The number of ether oxygens (including phenoxy) is 1. The average molecular weight is 388 g/mol. The maximum atomic E-state index is 13.3. The molecule has 1 saturated heterocycles. The molecule has 0 spiro atoms. The molecular formula is C22H26F2N2O2. The van der Waals surface area contributed by atoms with E-state index in [4.69, 9.17) is 4.74 Å². The van der Waals surface area contributed by atoms with Crippen molar-refractivity contribution in [3.8, 4) is 5.75 Å². The summed E-state index contributed by atoms with van der Waals surface area (Å²) in [4.78, 5) is 16.6. The van der Waals surface area contributed by atoms with Crippen LogP contribution in [0.5, 0.6) is 5.75 Å². The Morgan fingerprint density at radius 1 is 0.964 bits per heavy atom. The standard InChI is InChI=1S/C22H26F2N2O2/c1-2-28-19-7-3-18(4-8-19)16-25-11-13-26(14-12-25)22(27)10-6-17-5-9-20(23)21(24)15-17/h3-5,7-9,15H,2,6,10-14,16H2,1H3. The lowest BCUT2D eigenvalue weighted by molar-refractivity contribution is -0.133. The summed E-state index contributed by atoms with van der Waals surface area (Å²) in [5.74, 6) is -0.792. The number of amides is 1. The maximum Gasteiger partial charge on any atom is 0.222 e. The Morgan fingerprint density at radius 3 is 2.29 bits per heavy atom. The van der Waals surface area contributed by atoms with E-state index in [0.29, 0.717) is 38.1 Å². The number of aryl methyl sites for hydroxylation is 1. The first kappa shape index (κ1) is 20.3. The predicted octanol–water partition coefficient (Wildman–Crippen LogP) is 3.64. The monoisotopic (exact) mass is 388 g/mol. The molecule has 0 bridgehead atoms. The lowest BCUT2D eigenvalue weighted by Crippen LogP contribution is -2.48. The number of carbonyl (C=O) groups excluding carboxylic acids is 1. The van der Waals surface area contributed by atoms with Crippen LogP contribution in [0.15, 0.2) is 42.5 Å². The van der Waals surface area contributed by atoms with E-state index >= 15 is 0 Å². The topological polar surface area (TPSA) is 32.8 Å². The molecule has 0 unspecified atom stereocenters. The highest BCUT2D eigenvalue weighted by atomic mass is 19.2. The molecule has 2 aromatic rings. The van der Waals surface area contributed by atoms with Gasteiger partial charge in [-0.05, 0) is 48.7 Å². The van der Waals surface area contributed by atoms with Crippen LogP contribution in [0.25, 0.3) is 0 Å². The van der Waals surface area contributed by atoms with Crippen molar-refractivity contribution in [1.82, 2.24) is 9.80 Å². The molecule has 0 N–H and O–H groups in total.